The molecule has 0 saturated carbocycles. The molecule has 130 valence electrons. The Labute approximate surface area is 140 Å². The van der Waals surface area contributed by atoms with Crippen LogP contribution in [0.4, 0.5) is 4.79 Å². The molecule has 1 aromatic carbocycles. The number of amides is 3. The third kappa shape index (κ3) is 4.04. The van der Waals surface area contributed by atoms with Gasteiger partial charge in [0.25, 0.3) is 5.91 Å². The van der Waals surface area contributed by atoms with Crippen LogP contribution in [0, 0.1) is 0 Å². The lowest BCUT2D eigenvalue weighted by atomic mass is 10.1. The molecule has 7 heteroatoms. The molecule has 1 aliphatic rings. The molecular weight excluding hydrogens is 312 g/mol. The largest absolute Gasteiger partial charge is 0.508 e. The maximum absolute atomic E-state index is 12.5. The first-order valence-corrected chi connectivity index (χ1v) is 7.73. The number of ether oxygens (including phenoxy) is 1. The van der Waals surface area contributed by atoms with Crippen molar-refractivity contribution in [1.82, 2.24) is 10.2 Å². The Balaban J connectivity index is 2.08. The molecule has 24 heavy (non-hydrogen) atoms. The number of phenolic OH excluding ortho intramolecular Hbond substituents is 1. The van der Waals surface area contributed by atoms with Crippen molar-refractivity contribution >= 4 is 17.9 Å². The van der Waals surface area contributed by atoms with E-state index < -0.39 is 29.7 Å². The van der Waals surface area contributed by atoms with Crippen molar-refractivity contribution in [2.75, 3.05) is 0 Å². The molecular formula is C17H22N2O5. The summed E-state index contributed by atoms with van der Waals surface area (Å²) in [5.41, 5.74) is 0.0295. The smallest absolute Gasteiger partial charge is 0.408 e. The molecule has 1 aliphatic heterocycles. The van der Waals surface area contributed by atoms with Crippen LogP contribution >= 0.6 is 0 Å². The maximum atomic E-state index is 12.5. The summed E-state index contributed by atoms with van der Waals surface area (Å²) < 4.78 is 5.12. The number of rotatable bonds is 3. The lowest BCUT2D eigenvalue weighted by molar-refractivity contribution is -0.141. The van der Waals surface area contributed by atoms with Gasteiger partial charge in [-0.2, -0.15) is 0 Å². The Bertz CT molecular complexity index is 648. The lowest BCUT2D eigenvalue weighted by Crippen LogP contribution is -2.44. The average Bonchev–Trinajstić information content (AvgIpc) is 2.71. The summed E-state index contributed by atoms with van der Waals surface area (Å²) in [7, 11) is 0. The van der Waals surface area contributed by atoms with Crippen molar-refractivity contribution in [3.05, 3.63) is 29.8 Å². The molecule has 2 atom stereocenters. The van der Waals surface area contributed by atoms with E-state index in [1.165, 1.54) is 12.1 Å². The van der Waals surface area contributed by atoms with Crippen molar-refractivity contribution in [2.24, 2.45) is 0 Å². The zero-order chi connectivity index (χ0) is 18.1. The van der Waals surface area contributed by atoms with E-state index in [-0.39, 0.29) is 18.1 Å². The van der Waals surface area contributed by atoms with Gasteiger partial charge >= 0.3 is 6.09 Å². The Kier molecular flexibility index (Phi) is 4.82. The van der Waals surface area contributed by atoms with Gasteiger partial charge in [-0.1, -0.05) is 12.1 Å². The van der Waals surface area contributed by atoms with Crippen LogP contribution in [-0.4, -0.2) is 39.6 Å². The molecule has 7 nitrogen and oxygen atoms in total. The predicted molar refractivity (Wildman–Crippen MR) is 86.1 cm³/mol. The highest BCUT2D eigenvalue weighted by Crippen LogP contribution is 2.28. The molecule has 1 saturated heterocycles. The number of carbonyl (C=O) groups is 3. The summed E-state index contributed by atoms with van der Waals surface area (Å²) in [6.07, 6.45) is -0.826. The number of nitrogens with one attached hydrogen (secondary N) is 1. The first kappa shape index (κ1) is 17.8. The van der Waals surface area contributed by atoms with Gasteiger partial charge in [0.2, 0.25) is 5.91 Å². The van der Waals surface area contributed by atoms with Crippen molar-refractivity contribution in [3.8, 4) is 5.75 Å². The maximum Gasteiger partial charge on any atom is 0.408 e. The fourth-order valence-corrected chi connectivity index (χ4v) is 2.52. The zero-order valence-electron chi connectivity index (χ0n) is 14.2. The van der Waals surface area contributed by atoms with Gasteiger partial charge in [-0.25, -0.2) is 4.79 Å². The molecule has 3 amide bonds. The Morgan fingerprint density at radius 3 is 2.42 bits per heavy atom. The fourth-order valence-electron chi connectivity index (χ4n) is 2.52. The van der Waals surface area contributed by atoms with E-state index >= 15 is 0 Å². The van der Waals surface area contributed by atoms with E-state index in [4.69, 9.17) is 4.74 Å². The van der Waals surface area contributed by atoms with Gasteiger partial charge < -0.3 is 15.2 Å². The molecule has 0 aromatic heterocycles. The van der Waals surface area contributed by atoms with E-state index in [0.29, 0.717) is 5.56 Å². The van der Waals surface area contributed by atoms with Crippen LogP contribution < -0.4 is 5.32 Å². The van der Waals surface area contributed by atoms with Gasteiger partial charge in [-0.05, 0) is 45.4 Å². The number of hydrogen-bond donors (Lipinski definition) is 2. The molecule has 0 bridgehead atoms. The first-order chi connectivity index (χ1) is 11.1. The Hall–Kier alpha value is -2.57. The number of carbonyl (C=O) groups excluding carboxylic acids is 3. The van der Waals surface area contributed by atoms with Gasteiger partial charge in [0.15, 0.2) is 0 Å². The highest BCUT2D eigenvalue weighted by Gasteiger charge is 2.42. The third-order valence-electron chi connectivity index (χ3n) is 3.64. The molecule has 1 aromatic rings. The van der Waals surface area contributed by atoms with Gasteiger partial charge in [0.05, 0.1) is 12.5 Å². The number of aromatic hydroxyl groups is 1. The Morgan fingerprint density at radius 2 is 1.88 bits per heavy atom. The number of likely N-dealkylation sites (tertiary alicyclic amines) is 1. The van der Waals surface area contributed by atoms with Crippen LogP contribution in [0.15, 0.2) is 24.3 Å². The highest BCUT2D eigenvalue weighted by atomic mass is 16.6. The molecule has 2 unspecified atom stereocenters. The monoisotopic (exact) mass is 334 g/mol. The van der Waals surface area contributed by atoms with E-state index in [2.05, 4.69) is 5.32 Å². The van der Waals surface area contributed by atoms with Crippen LogP contribution in [-0.2, 0) is 14.3 Å². The molecule has 0 aliphatic carbocycles. The molecule has 0 spiro atoms. The van der Waals surface area contributed by atoms with Crippen molar-refractivity contribution in [1.29, 1.82) is 0 Å². The highest BCUT2D eigenvalue weighted by molar-refractivity contribution is 6.06. The SMILES string of the molecule is CC(c1ccc(O)cc1)N1C(=O)CC(NC(=O)OC(C)(C)C)C1=O. The van der Waals surface area contributed by atoms with Crippen LogP contribution in [0.3, 0.4) is 0 Å². The van der Waals surface area contributed by atoms with Crippen LogP contribution in [0.1, 0.15) is 45.7 Å². The number of phenols is 1. The summed E-state index contributed by atoms with van der Waals surface area (Å²) in [5.74, 6) is -0.720. The van der Waals surface area contributed by atoms with Crippen molar-refractivity contribution in [2.45, 2.75) is 51.8 Å². The summed E-state index contributed by atoms with van der Waals surface area (Å²) in [5, 5.41) is 11.8. The topological polar surface area (TPSA) is 95.9 Å². The Morgan fingerprint density at radius 1 is 1.29 bits per heavy atom. The van der Waals surface area contributed by atoms with Gasteiger partial charge in [0.1, 0.15) is 17.4 Å². The fraction of sp³-hybridized carbons (Fsp3) is 0.471. The molecule has 0 radical (unpaired) electrons. The quantitative estimate of drug-likeness (QED) is 0.825. The standard InChI is InChI=1S/C17H22N2O5/c1-10(11-5-7-12(20)8-6-11)19-14(21)9-13(15(19)22)18-16(23)24-17(2,3)4/h5-8,10,13,20H,9H2,1-4H3,(H,18,23). The van der Waals surface area contributed by atoms with Gasteiger partial charge in [0, 0.05) is 0 Å². The summed E-state index contributed by atoms with van der Waals surface area (Å²) in [6.45, 7) is 6.87. The molecule has 1 fully saturated rings. The summed E-state index contributed by atoms with van der Waals surface area (Å²) in [4.78, 5) is 37.6. The minimum atomic E-state index is -0.924. The first-order valence-electron chi connectivity index (χ1n) is 7.73. The third-order valence-corrected chi connectivity index (χ3v) is 3.64. The minimum Gasteiger partial charge on any atom is -0.508 e. The zero-order valence-corrected chi connectivity index (χ0v) is 14.2. The number of hydrogen-bond acceptors (Lipinski definition) is 5. The lowest BCUT2D eigenvalue weighted by Gasteiger charge is -2.24. The van der Waals surface area contributed by atoms with Crippen LogP contribution in [0.2, 0.25) is 0 Å². The number of nitrogens with zero attached hydrogens (tertiary/aromatic N) is 1. The van der Waals surface area contributed by atoms with Crippen molar-refractivity contribution in [3.63, 3.8) is 0 Å². The van der Waals surface area contributed by atoms with Crippen LogP contribution in [0.5, 0.6) is 5.75 Å². The number of alkyl carbamates (subject to hydrolysis) is 1. The number of imide groups is 1. The van der Waals surface area contributed by atoms with Gasteiger partial charge in [-0.3, -0.25) is 14.5 Å². The van der Waals surface area contributed by atoms with E-state index in [0.717, 1.165) is 4.90 Å². The minimum absolute atomic E-state index is 0.0967. The summed E-state index contributed by atoms with van der Waals surface area (Å²) in [6, 6.07) is 4.87. The second-order valence-corrected chi connectivity index (χ2v) is 6.77. The van der Waals surface area contributed by atoms with E-state index in [1.54, 1.807) is 39.8 Å². The van der Waals surface area contributed by atoms with E-state index in [1.807, 2.05) is 0 Å². The van der Waals surface area contributed by atoms with Crippen molar-refractivity contribution < 1.29 is 24.2 Å². The average molecular weight is 334 g/mol. The molecule has 2 rings (SSSR count). The second kappa shape index (κ2) is 6.51. The number of benzene rings is 1. The summed E-state index contributed by atoms with van der Waals surface area (Å²) >= 11 is 0. The molecule has 1 heterocycles. The molecule has 2 N–H and O–H groups in total. The normalized spacial score (nSPS) is 19.3. The predicted octanol–water partition coefficient (Wildman–Crippen LogP) is 2.11. The van der Waals surface area contributed by atoms with Gasteiger partial charge in [-0.15, -0.1) is 0 Å². The van der Waals surface area contributed by atoms with Crippen LogP contribution in [0.25, 0.3) is 0 Å². The van der Waals surface area contributed by atoms with E-state index in [9.17, 15) is 19.5 Å². The second-order valence-electron chi connectivity index (χ2n) is 6.77.